The zero-order valence-electron chi connectivity index (χ0n) is 17.5. The first-order chi connectivity index (χ1) is 14.7. The maximum Gasteiger partial charge on any atom is 0.340 e. The summed E-state index contributed by atoms with van der Waals surface area (Å²) in [7, 11) is -0.855. The van der Waals surface area contributed by atoms with Gasteiger partial charge in [0.15, 0.2) is 0 Å². The molecule has 0 spiro atoms. The van der Waals surface area contributed by atoms with Crippen molar-refractivity contribution in [2.75, 3.05) is 32.1 Å². The lowest BCUT2D eigenvalue weighted by atomic mass is 10.1. The second kappa shape index (κ2) is 9.44. The lowest BCUT2D eigenvalue weighted by Crippen LogP contribution is -2.31. The van der Waals surface area contributed by atoms with E-state index < -0.39 is 20.9 Å². The molecule has 166 valence electrons. The fourth-order valence-corrected chi connectivity index (χ4v) is 4.33. The molecule has 1 heterocycles. The number of piperidine rings is 1. The maximum absolute atomic E-state index is 12.9. The molecular formula is C21H25N3O6S. The number of carbonyl (C=O) groups excluding carboxylic acids is 1. The molecule has 0 aromatic heterocycles. The zero-order valence-corrected chi connectivity index (χ0v) is 18.3. The molecule has 0 bridgehead atoms. The van der Waals surface area contributed by atoms with Crippen molar-refractivity contribution >= 4 is 27.4 Å². The van der Waals surface area contributed by atoms with Gasteiger partial charge in [-0.15, -0.1) is 0 Å². The Morgan fingerprint density at radius 1 is 1.10 bits per heavy atom. The Morgan fingerprint density at radius 3 is 2.32 bits per heavy atom. The molecule has 0 radical (unpaired) electrons. The molecule has 0 unspecified atom stereocenters. The molecule has 2 aromatic rings. The Balaban J connectivity index is 1.88. The van der Waals surface area contributed by atoms with Crippen LogP contribution < -0.4 is 4.90 Å². The Kier molecular flexibility index (Phi) is 6.91. The second-order valence-electron chi connectivity index (χ2n) is 7.51. The molecule has 1 saturated heterocycles. The van der Waals surface area contributed by atoms with Crippen LogP contribution in [-0.4, -0.2) is 50.8 Å². The molecule has 0 atom stereocenters. The highest BCUT2D eigenvalue weighted by Gasteiger charge is 2.25. The number of hydrogen-bond acceptors (Lipinski definition) is 7. The SMILES string of the molecule is CN(C)S(=O)(=O)c1ccc(N2CCCCC2)c(C(=O)OCc2ccc([N+](=O)[O-])cc2)c1. The maximum atomic E-state index is 12.9. The molecule has 3 rings (SSSR count). The predicted molar refractivity (Wildman–Crippen MR) is 116 cm³/mol. The molecule has 2 aromatic carbocycles. The van der Waals surface area contributed by atoms with Crippen LogP contribution in [0.4, 0.5) is 11.4 Å². The molecule has 1 aliphatic rings. The van der Waals surface area contributed by atoms with Crippen molar-refractivity contribution in [3.8, 4) is 0 Å². The third-order valence-corrected chi connectivity index (χ3v) is 6.99. The Morgan fingerprint density at radius 2 is 1.74 bits per heavy atom. The molecule has 0 amide bonds. The summed E-state index contributed by atoms with van der Waals surface area (Å²) in [5.41, 5.74) is 1.37. The van der Waals surface area contributed by atoms with Crippen molar-refractivity contribution in [2.24, 2.45) is 0 Å². The number of non-ortho nitro benzene ring substituents is 1. The van der Waals surface area contributed by atoms with Crippen LogP contribution in [0.3, 0.4) is 0 Å². The minimum atomic E-state index is -3.72. The number of rotatable bonds is 7. The fraction of sp³-hybridized carbons (Fsp3) is 0.381. The van der Waals surface area contributed by atoms with Gasteiger partial charge in [-0.25, -0.2) is 17.5 Å². The molecule has 10 heteroatoms. The Hall–Kier alpha value is -2.98. The number of esters is 1. The van der Waals surface area contributed by atoms with Gasteiger partial charge < -0.3 is 9.64 Å². The van der Waals surface area contributed by atoms with Gasteiger partial charge in [0.2, 0.25) is 10.0 Å². The van der Waals surface area contributed by atoms with Crippen LogP contribution in [-0.2, 0) is 21.4 Å². The summed E-state index contributed by atoms with van der Waals surface area (Å²) in [5.74, 6) is -0.644. The number of nitro groups is 1. The number of carbonyl (C=O) groups is 1. The van der Waals surface area contributed by atoms with E-state index in [-0.39, 0.29) is 22.8 Å². The van der Waals surface area contributed by atoms with E-state index in [0.29, 0.717) is 11.3 Å². The van der Waals surface area contributed by atoms with Gasteiger partial charge in [0.05, 0.1) is 21.1 Å². The first-order valence-electron chi connectivity index (χ1n) is 9.92. The van der Waals surface area contributed by atoms with Gasteiger partial charge in [0, 0.05) is 39.3 Å². The van der Waals surface area contributed by atoms with Gasteiger partial charge in [-0.1, -0.05) is 0 Å². The van der Waals surface area contributed by atoms with E-state index in [1.54, 1.807) is 6.07 Å². The van der Waals surface area contributed by atoms with E-state index in [4.69, 9.17) is 4.74 Å². The van der Waals surface area contributed by atoms with Crippen LogP contribution in [0.5, 0.6) is 0 Å². The molecule has 0 N–H and O–H groups in total. The molecule has 1 fully saturated rings. The van der Waals surface area contributed by atoms with Crippen molar-refractivity contribution < 1.29 is 22.9 Å². The fourth-order valence-electron chi connectivity index (χ4n) is 3.40. The molecular weight excluding hydrogens is 422 g/mol. The number of ether oxygens (including phenoxy) is 1. The molecule has 0 aliphatic carbocycles. The molecule has 0 saturated carbocycles. The van der Waals surface area contributed by atoms with Crippen molar-refractivity contribution in [3.63, 3.8) is 0 Å². The van der Waals surface area contributed by atoms with E-state index in [1.807, 2.05) is 0 Å². The van der Waals surface area contributed by atoms with Gasteiger partial charge in [-0.2, -0.15) is 0 Å². The molecule has 9 nitrogen and oxygen atoms in total. The average Bonchev–Trinajstić information content (AvgIpc) is 2.77. The van der Waals surface area contributed by atoms with Gasteiger partial charge in [-0.05, 0) is 55.2 Å². The van der Waals surface area contributed by atoms with Gasteiger partial charge in [0.1, 0.15) is 6.61 Å². The number of benzene rings is 2. The summed E-state index contributed by atoms with van der Waals surface area (Å²) in [5, 5.41) is 10.8. The highest BCUT2D eigenvalue weighted by atomic mass is 32.2. The van der Waals surface area contributed by atoms with Crippen LogP contribution >= 0.6 is 0 Å². The highest BCUT2D eigenvalue weighted by Crippen LogP contribution is 2.28. The summed E-state index contributed by atoms with van der Waals surface area (Å²) in [4.78, 5) is 25.3. The first kappa shape index (κ1) is 22.7. The normalized spacial score (nSPS) is 14.5. The summed E-state index contributed by atoms with van der Waals surface area (Å²) >= 11 is 0. The number of nitro benzene ring substituents is 1. The van der Waals surface area contributed by atoms with Crippen molar-refractivity contribution in [2.45, 2.75) is 30.8 Å². The largest absolute Gasteiger partial charge is 0.457 e. The summed E-state index contributed by atoms with van der Waals surface area (Å²) in [6.45, 7) is 1.48. The predicted octanol–water partition coefficient (Wildman–Crippen LogP) is 3.19. The second-order valence-corrected chi connectivity index (χ2v) is 9.67. The molecule has 31 heavy (non-hydrogen) atoms. The lowest BCUT2D eigenvalue weighted by molar-refractivity contribution is -0.384. The number of sulfonamides is 1. The van der Waals surface area contributed by atoms with Crippen LogP contribution in [0.25, 0.3) is 0 Å². The lowest BCUT2D eigenvalue weighted by Gasteiger charge is -2.30. The van der Waals surface area contributed by atoms with Crippen molar-refractivity contribution in [3.05, 3.63) is 63.7 Å². The number of nitrogens with zero attached hydrogens (tertiary/aromatic N) is 3. The van der Waals surface area contributed by atoms with E-state index in [0.717, 1.165) is 36.7 Å². The minimum Gasteiger partial charge on any atom is -0.457 e. The van der Waals surface area contributed by atoms with Crippen LogP contribution in [0, 0.1) is 10.1 Å². The van der Waals surface area contributed by atoms with Gasteiger partial charge in [0.25, 0.3) is 5.69 Å². The average molecular weight is 448 g/mol. The quantitative estimate of drug-likeness (QED) is 0.364. The summed E-state index contributed by atoms with van der Waals surface area (Å²) in [6, 6.07) is 10.2. The number of anilines is 1. The molecule has 1 aliphatic heterocycles. The monoisotopic (exact) mass is 447 g/mol. The minimum absolute atomic E-state index is 0.0144. The van der Waals surface area contributed by atoms with E-state index in [1.165, 1.54) is 50.5 Å². The van der Waals surface area contributed by atoms with Crippen LogP contribution in [0.1, 0.15) is 35.2 Å². The highest BCUT2D eigenvalue weighted by molar-refractivity contribution is 7.89. The standard InChI is InChI=1S/C21H25N3O6S/c1-22(2)31(28,29)18-10-11-20(23-12-4-3-5-13-23)19(14-18)21(25)30-15-16-6-8-17(9-7-16)24(26)27/h6-11,14H,3-5,12-13,15H2,1-2H3. The topological polar surface area (TPSA) is 110 Å². The van der Waals surface area contributed by atoms with Crippen LogP contribution in [0.15, 0.2) is 47.4 Å². The smallest absolute Gasteiger partial charge is 0.340 e. The van der Waals surface area contributed by atoms with Crippen molar-refractivity contribution in [1.82, 2.24) is 4.31 Å². The van der Waals surface area contributed by atoms with Gasteiger partial charge >= 0.3 is 5.97 Å². The van der Waals surface area contributed by atoms with E-state index in [2.05, 4.69) is 4.90 Å². The Labute approximate surface area is 181 Å². The van der Waals surface area contributed by atoms with Gasteiger partial charge in [-0.3, -0.25) is 10.1 Å². The number of hydrogen-bond donors (Lipinski definition) is 0. The van der Waals surface area contributed by atoms with Crippen LogP contribution in [0.2, 0.25) is 0 Å². The third-order valence-electron chi connectivity index (χ3n) is 5.18. The van der Waals surface area contributed by atoms with E-state index >= 15 is 0 Å². The first-order valence-corrected chi connectivity index (χ1v) is 11.4. The zero-order chi connectivity index (χ0) is 22.6. The Bertz CT molecular complexity index is 1060. The van der Waals surface area contributed by atoms with Crippen molar-refractivity contribution in [1.29, 1.82) is 0 Å². The van der Waals surface area contributed by atoms with E-state index in [9.17, 15) is 23.3 Å². The third kappa shape index (κ3) is 5.20. The summed E-state index contributed by atoms with van der Waals surface area (Å²) in [6.07, 6.45) is 3.10. The summed E-state index contributed by atoms with van der Waals surface area (Å²) < 4.78 is 31.7.